The second kappa shape index (κ2) is 22.2. The van der Waals surface area contributed by atoms with E-state index in [2.05, 4.69) is 31.1 Å². The summed E-state index contributed by atoms with van der Waals surface area (Å²) in [5.41, 5.74) is 0.433. The van der Waals surface area contributed by atoms with E-state index in [4.69, 9.17) is 33.6 Å². The van der Waals surface area contributed by atoms with Gasteiger partial charge in [0.05, 0.1) is 17.7 Å². The van der Waals surface area contributed by atoms with E-state index in [1.165, 1.54) is 13.2 Å². The second-order valence-electron chi connectivity index (χ2n) is 2.49. The number of carboxylic acids is 1. The van der Waals surface area contributed by atoms with Crippen LogP contribution < -0.4 is 0 Å². The van der Waals surface area contributed by atoms with E-state index < -0.39 is 5.97 Å². The Hall–Kier alpha value is -2.03. The molecule has 0 saturated heterocycles. The number of allylic oxidation sites excluding steroid dienone is 1. The largest absolute Gasteiger partial charge is 0.478 e. The third-order valence-corrected chi connectivity index (χ3v) is 0.800. The van der Waals surface area contributed by atoms with Crippen LogP contribution in [-0.4, -0.2) is 24.2 Å². The molecule has 0 aliphatic rings. The molecule has 0 spiro atoms. The van der Waals surface area contributed by atoms with Crippen molar-refractivity contribution >= 4 is 35.1 Å². The molecule has 20 heavy (non-hydrogen) atoms. The van der Waals surface area contributed by atoms with Gasteiger partial charge < -0.3 is 9.84 Å². The Bertz CT molecular complexity index is 380. The molecule has 0 bridgehead atoms. The molecule has 1 N–H and O–H groups in total. The van der Waals surface area contributed by atoms with Crippen molar-refractivity contribution in [2.75, 3.05) is 7.11 Å². The zero-order valence-corrected chi connectivity index (χ0v) is 12.9. The maximum absolute atomic E-state index is 10.2. The van der Waals surface area contributed by atoms with Crippen molar-refractivity contribution in [3.05, 3.63) is 48.5 Å². The normalized spacial score (nSPS) is 6.35. The molecule has 0 rings (SSSR count). The van der Waals surface area contributed by atoms with E-state index in [9.17, 15) is 9.59 Å². The minimum Gasteiger partial charge on any atom is -0.478 e. The molecular weight excluding hydrogens is 305 g/mol. The lowest BCUT2D eigenvalue weighted by atomic mass is 10.4. The number of esters is 1. The van der Waals surface area contributed by atoms with Gasteiger partial charge in [-0.1, -0.05) is 49.5 Å². The summed E-state index contributed by atoms with van der Waals surface area (Å²) in [5, 5.41) is 15.1. The Morgan fingerprint density at radius 3 is 1.55 bits per heavy atom. The number of nitrogens with zero attached hydrogens (tertiary/aromatic N) is 1. The predicted octanol–water partition coefficient (Wildman–Crippen LogP) is 3.62. The fraction of sp³-hybridized carbons (Fsp3) is 0.154. The number of hydrogen-bond donors (Lipinski definition) is 1. The molecule has 0 aromatic carbocycles. The molecule has 0 aliphatic carbocycles. The zero-order valence-electron chi connectivity index (χ0n) is 11.4. The van der Waals surface area contributed by atoms with Crippen molar-refractivity contribution in [3.63, 3.8) is 0 Å². The first-order chi connectivity index (χ1) is 9.10. The summed E-state index contributed by atoms with van der Waals surface area (Å²) in [6.45, 7) is 14.1. The lowest BCUT2D eigenvalue weighted by Crippen LogP contribution is -1.98. The fourth-order valence-corrected chi connectivity index (χ4v) is 0.174. The Morgan fingerprint density at radius 1 is 1.30 bits per heavy atom. The molecule has 0 saturated carbocycles. The molecule has 7 heteroatoms. The van der Waals surface area contributed by atoms with Crippen molar-refractivity contribution in [1.29, 1.82) is 5.26 Å². The summed E-state index contributed by atoms with van der Waals surface area (Å²) >= 11 is 9.69. The molecule has 112 valence electrons. The third-order valence-electron chi connectivity index (χ3n) is 0.800. The van der Waals surface area contributed by atoms with E-state index in [1.807, 2.05) is 0 Å². The third kappa shape index (κ3) is 73.7. The van der Waals surface area contributed by atoms with Gasteiger partial charge >= 0.3 is 11.9 Å². The van der Waals surface area contributed by atoms with Gasteiger partial charge in [0.15, 0.2) is 0 Å². The number of methoxy groups -OCH3 is 1. The number of nitriles is 1. The Balaban J connectivity index is -0.0000000883. The van der Waals surface area contributed by atoms with Crippen LogP contribution in [0.2, 0.25) is 0 Å². The molecule has 0 heterocycles. The number of carbonyl (C=O) groups is 2. The van der Waals surface area contributed by atoms with Crippen LogP contribution >= 0.6 is 23.2 Å². The molecule has 0 radical (unpaired) electrons. The first-order valence-corrected chi connectivity index (χ1v) is 5.45. The van der Waals surface area contributed by atoms with Crippen molar-refractivity contribution in [3.8, 4) is 6.07 Å². The molecule has 0 unspecified atom stereocenters. The summed E-state index contributed by atoms with van der Waals surface area (Å²) in [5.74, 6) is -1.33. The Kier molecular flexibility index (Phi) is 29.4. The van der Waals surface area contributed by atoms with Crippen LogP contribution in [0.15, 0.2) is 48.5 Å². The summed E-state index contributed by atoms with van der Waals surface area (Å²) in [7, 11) is 1.33. The van der Waals surface area contributed by atoms with E-state index in [0.717, 1.165) is 6.08 Å². The molecule has 0 aromatic rings. The zero-order chi connectivity index (χ0) is 17.1. The van der Waals surface area contributed by atoms with Gasteiger partial charge in [-0.25, -0.2) is 9.59 Å². The van der Waals surface area contributed by atoms with Crippen LogP contribution in [0.25, 0.3) is 0 Å². The number of halogens is 2. The van der Waals surface area contributed by atoms with Gasteiger partial charge in [-0.2, -0.15) is 5.26 Å². The van der Waals surface area contributed by atoms with Crippen LogP contribution in [0.1, 0.15) is 6.92 Å². The highest BCUT2D eigenvalue weighted by Crippen LogP contribution is 1.98. The average Bonchev–Trinajstić information content (AvgIpc) is 2.37. The Labute approximate surface area is 129 Å². The van der Waals surface area contributed by atoms with E-state index in [0.29, 0.717) is 5.57 Å². The molecule has 0 aliphatic heterocycles. The van der Waals surface area contributed by atoms with Crippen LogP contribution in [0.5, 0.6) is 0 Å². The number of aliphatic carboxylic acids is 1. The monoisotopic (exact) mass is 321 g/mol. The SMILES string of the molecule is C=C(C)C(=O)OC.C=C(Cl)Cl.C=CC#N.C=CC(=O)O. The Morgan fingerprint density at radius 2 is 1.55 bits per heavy atom. The molecule has 0 fully saturated rings. The molecule has 0 atom stereocenters. The smallest absolute Gasteiger partial charge is 0.332 e. The van der Waals surface area contributed by atoms with Crippen molar-refractivity contribution in [2.45, 2.75) is 6.92 Å². The van der Waals surface area contributed by atoms with E-state index in [-0.39, 0.29) is 10.5 Å². The highest BCUT2D eigenvalue weighted by atomic mass is 35.5. The first-order valence-electron chi connectivity index (χ1n) is 4.70. The van der Waals surface area contributed by atoms with Crippen molar-refractivity contribution < 1.29 is 19.4 Å². The summed E-state index contributed by atoms with van der Waals surface area (Å²) in [4.78, 5) is 19.4. The number of ether oxygens (including phenoxy) is 1. The lowest BCUT2D eigenvalue weighted by Gasteiger charge is -1.91. The van der Waals surface area contributed by atoms with Gasteiger partial charge in [0.2, 0.25) is 0 Å². The average molecular weight is 322 g/mol. The van der Waals surface area contributed by atoms with Gasteiger partial charge in [0.25, 0.3) is 0 Å². The number of hydrogen-bond acceptors (Lipinski definition) is 4. The van der Waals surface area contributed by atoms with E-state index >= 15 is 0 Å². The van der Waals surface area contributed by atoms with E-state index in [1.54, 1.807) is 13.0 Å². The minimum atomic E-state index is -0.981. The van der Waals surface area contributed by atoms with Gasteiger partial charge in [-0.15, -0.1) is 0 Å². The highest BCUT2D eigenvalue weighted by molar-refractivity contribution is 6.55. The first kappa shape index (κ1) is 26.5. The summed E-state index contributed by atoms with van der Waals surface area (Å²) < 4.78 is 4.38. The van der Waals surface area contributed by atoms with Crippen LogP contribution in [0, 0.1) is 11.3 Å². The van der Waals surface area contributed by atoms with Crippen LogP contribution in [0.4, 0.5) is 0 Å². The summed E-state index contributed by atoms with van der Waals surface area (Å²) in [6, 6.07) is 1.69. The number of carboxylic acid groups (broad SMARTS) is 1. The van der Waals surface area contributed by atoms with Crippen molar-refractivity contribution in [2.24, 2.45) is 0 Å². The topological polar surface area (TPSA) is 87.4 Å². The van der Waals surface area contributed by atoms with Gasteiger partial charge in [-0.05, 0) is 6.92 Å². The maximum Gasteiger partial charge on any atom is 0.332 e. The summed E-state index contributed by atoms with van der Waals surface area (Å²) in [6.07, 6.45) is 2.01. The van der Waals surface area contributed by atoms with Gasteiger partial charge in [0.1, 0.15) is 0 Å². The quantitative estimate of drug-likeness (QED) is 0.476. The highest BCUT2D eigenvalue weighted by Gasteiger charge is 1.95. The van der Waals surface area contributed by atoms with Gasteiger partial charge in [0, 0.05) is 17.7 Å². The van der Waals surface area contributed by atoms with Gasteiger partial charge in [-0.3, -0.25) is 0 Å². The van der Waals surface area contributed by atoms with Crippen LogP contribution in [0.3, 0.4) is 0 Å². The molecule has 5 nitrogen and oxygen atoms in total. The molecule has 0 amide bonds. The van der Waals surface area contributed by atoms with Crippen molar-refractivity contribution in [1.82, 2.24) is 0 Å². The maximum atomic E-state index is 10.2. The second-order valence-corrected chi connectivity index (χ2v) is 3.59. The molecule has 0 aromatic heterocycles. The fourth-order valence-electron chi connectivity index (χ4n) is 0.174. The standard InChI is InChI=1S/C5H8O2.C3H3N.C3H4O2.C2H2Cl2/c1-4(2)5(6)7-3;1-2-3-4;1-2-3(4)5;1-2(3)4/h1H2,2-3H3;2H,1H2;2H,1H2,(H,4,5);1H2. The minimum absolute atomic E-state index is 0.111. The number of rotatable bonds is 2. The number of carbonyl (C=O) groups excluding carboxylic acids is 1. The van der Waals surface area contributed by atoms with Crippen LogP contribution in [-0.2, 0) is 14.3 Å². The molecular formula is C13H17Cl2NO4. The lowest BCUT2D eigenvalue weighted by molar-refractivity contribution is -0.136. The predicted molar refractivity (Wildman–Crippen MR) is 81.3 cm³/mol.